The summed E-state index contributed by atoms with van der Waals surface area (Å²) in [5.41, 5.74) is 2.91. The molecule has 2 aliphatic rings. The molecule has 1 saturated carbocycles. The average molecular weight is 349 g/mol. The normalized spacial score (nSPS) is 19.1. The van der Waals surface area contributed by atoms with E-state index in [9.17, 15) is 13.6 Å². The lowest BCUT2D eigenvalue weighted by molar-refractivity contribution is 0.0476. The summed E-state index contributed by atoms with van der Waals surface area (Å²) in [7, 11) is 0. The van der Waals surface area contributed by atoms with Gasteiger partial charge in [0.05, 0.1) is 6.04 Å². The minimum atomic E-state index is -2.67. The van der Waals surface area contributed by atoms with Crippen LogP contribution in [0.3, 0.4) is 0 Å². The van der Waals surface area contributed by atoms with Gasteiger partial charge in [-0.05, 0) is 42.9 Å². The lowest BCUT2D eigenvalue weighted by Crippen LogP contribution is -2.29. The number of hydrogen-bond donors (Lipinski definition) is 1. The van der Waals surface area contributed by atoms with Crippen LogP contribution in [-0.2, 0) is 11.2 Å². The molecule has 0 saturated heterocycles. The van der Waals surface area contributed by atoms with Crippen molar-refractivity contribution in [3.8, 4) is 11.4 Å². The quantitative estimate of drug-likeness (QED) is 0.892. The predicted octanol–water partition coefficient (Wildman–Crippen LogP) is 3.59. The number of aromatic nitrogens is 2. The molecule has 1 fully saturated rings. The summed E-state index contributed by atoms with van der Waals surface area (Å²) in [5, 5.41) is 6.67. The summed E-state index contributed by atoms with van der Waals surface area (Å²) in [5.74, 6) is 1.66. The van der Waals surface area contributed by atoms with Gasteiger partial charge in [0.25, 0.3) is 6.43 Å². The van der Waals surface area contributed by atoms with Gasteiger partial charge < -0.3 is 14.6 Å². The maximum atomic E-state index is 12.1. The minimum absolute atomic E-state index is 0.235. The van der Waals surface area contributed by atoms with Crippen LogP contribution in [0.15, 0.2) is 22.7 Å². The van der Waals surface area contributed by atoms with Crippen molar-refractivity contribution in [1.82, 2.24) is 15.5 Å². The van der Waals surface area contributed by atoms with E-state index in [1.807, 2.05) is 18.2 Å². The number of alkyl carbamates (subject to hydrolysis) is 1. The molecule has 0 spiro atoms. The third-order valence-electron chi connectivity index (χ3n) is 4.48. The maximum absolute atomic E-state index is 12.1. The third kappa shape index (κ3) is 3.47. The number of carbonyl (C=O) groups is 1. The molecule has 4 rings (SSSR count). The van der Waals surface area contributed by atoms with E-state index in [1.54, 1.807) is 0 Å². The second-order valence-electron chi connectivity index (χ2n) is 6.37. The fourth-order valence-electron chi connectivity index (χ4n) is 3.08. The Balaban J connectivity index is 1.45. The van der Waals surface area contributed by atoms with E-state index >= 15 is 0 Å². The lowest BCUT2D eigenvalue weighted by atomic mass is 10.0. The Bertz CT molecular complexity index is 789. The van der Waals surface area contributed by atoms with Gasteiger partial charge in [0.1, 0.15) is 0 Å². The molecule has 0 bridgehead atoms. The number of fused-ring (bicyclic) bond motifs is 1. The fraction of sp³-hybridized carbons (Fsp3) is 0.471. The SMILES string of the molecule is O=C(N[C@@H]1CCc2cc(-c3noc(C4CC4)n3)ccc21)OCC(F)F. The van der Waals surface area contributed by atoms with Crippen LogP contribution in [0.4, 0.5) is 13.6 Å². The molecule has 2 aromatic rings. The Morgan fingerprint density at radius 3 is 2.96 bits per heavy atom. The van der Waals surface area contributed by atoms with E-state index in [4.69, 9.17) is 4.52 Å². The minimum Gasteiger partial charge on any atom is -0.443 e. The van der Waals surface area contributed by atoms with Crippen molar-refractivity contribution >= 4 is 6.09 Å². The molecule has 1 amide bonds. The van der Waals surface area contributed by atoms with E-state index in [2.05, 4.69) is 20.2 Å². The van der Waals surface area contributed by atoms with E-state index in [1.165, 1.54) is 0 Å². The molecule has 6 nitrogen and oxygen atoms in total. The van der Waals surface area contributed by atoms with Gasteiger partial charge in [-0.15, -0.1) is 0 Å². The molecule has 1 N–H and O–H groups in total. The number of aryl methyl sites for hydroxylation is 1. The summed E-state index contributed by atoms with van der Waals surface area (Å²) in [4.78, 5) is 16.0. The van der Waals surface area contributed by atoms with Gasteiger partial charge in [0.2, 0.25) is 11.7 Å². The van der Waals surface area contributed by atoms with Crippen LogP contribution in [0.2, 0.25) is 0 Å². The maximum Gasteiger partial charge on any atom is 0.407 e. The topological polar surface area (TPSA) is 77.3 Å². The number of alkyl halides is 2. The highest BCUT2D eigenvalue weighted by atomic mass is 19.3. The number of nitrogens with one attached hydrogen (secondary N) is 1. The van der Waals surface area contributed by atoms with Crippen molar-refractivity contribution in [3.63, 3.8) is 0 Å². The molecule has 132 valence electrons. The van der Waals surface area contributed by atoms with Crippen LogP contribution in [-0.4, -0.2) is 29.3 Å². The standard InChI is InChI=1S/C17H17F2N3O3/c18-14(19)8-24-17(23)20-13-6-4-10-7-11(3-5-12(10)13)15-21-16(25-22-15)9-1-2-9/h3,5,7,9,13-14H,1-2,4,6,8H2,(H,20,23)/t13-/m1/s1. The average Bonchev–Trinajstić information content (AvgIpc) is 3.19. The predicted molar refractivity (Wildman–Crippen MR) is 83.3 cm³/mol. The van der Waals surface area contributed by atoms with Gasteiger partial charge in [-0.2, -0.15) is 4.98 Å². The molecule has 2 aliphatic carbocycles. The summed E-state index contributed by atoms with van der Waals surface area (Å²) in [6.07, 6.45) is 0.175. The van der Waals surface area contributed by atoms with Crippen molar-refractivity contribution in [2.24, 2.45) is 0 Å². The summed E-state index contributed by atoms with van der Waals surface area (Å²) < 4.78 is 33.9. The second-order valence-corrected chi connectivity index (χ2v) is 6.37. The van der Waals surface area contributed by atoms with Crippen LogP contribution >= 0.6 is 0 Å². The Labute approximate surface area is 142 Å². The van der Waals surface area contributed by atoms with Crippen molar-refractivity contribution in [1.29, 1.82) is 0 Å². The molecule has 0 aliphatic heterocycles. The molecule has 25 heavy (non-hydrogen) atoms. The van der Waals surface area contributed by atoms with E-state index < -0.39 is 19.1 Å². The number of amides is 1. The first-order valence-corrected chi connectivity index (χ1v) is 8.28. The number of carbonyl (C=O) groups excluding carboxylic acids is 1. The Kier molecular flexibility index (Phi) is 4.10. The zero-order valence-corrected chi connectivity index (χ0v) is 13.4. The Hall–Kier alpha value is -2.51. The van der Waals surface area contributed by atoms with Crippen LogP contribution in [0.5, 0.6) is 0 Å². The van der Waals surface area contributed by atoms with Crippen molar-refractivity contribution in [2.45, 2.75) is 44.1 Å². The highest BCUT2D eigenvalue weighted by Gasteiger charge is 2.30. The first-order valence-electron chi connectivity index (χ1n) is 8.28. The Morgan fingerprint density at radius 1 is 1.36 bits per heavy atom. The van der Waals surface area contributed by atoms with Gasteiger partial charge in [-0.1, -0.05) is 17.3 Å². The van der Waals surface area contributed by atoms with Gasteiger partial charge in [-0.25, -0.2) is 13.6 Å². The Morgan fingerprint density at radius 2 is 2.20 bits per heavy atom. The molecule has 1 aromatic heterocycles. The van der Waals surface area contributed by atoms with E-state index in [0.717, 1.165) is 36.0 Å². The van der Waals surface area contributed by atoms with Gasteiger partial charge >= 0.3 is 6.09 Å². The van der Waals surface area contributed by atoms with E-state index in [0.29, 0.717) is 24.1 Å². The number of rotatable bonds is 5. The summed E-state index contributed by atoms with van der Waals surface area (Å²) >= 11 is 0. The van der Waals surface area contributed by atoms with Gasteiger partial charge in [0, 0.05) is 11.5 Å². The molecular formula is C17H17F2N3O3. The number of nitrogens with zero attached hydrogens (tertiary/aromatic N) is 2. The lowest BCUT2D eigenvalue weighted by Gasteiger charge is -2.14. The third-order valence-corrected chi connectivity index (χ3v) is 4.48. The monoisotopic (exact) mass is 349 g/mol. The van der Waals surface area contributed by atoms with Crippen LogP contribution < -0.4 is 5.32 Å². The molecule has 1 aromatic carbocycles. The summed E-state index contributed by atoms with van der Waals surface area (Å²) in [6, 6.07) is 5.54. The number of hydrogen-bond acceptors (Lipinski definition) is 5. The molecular weight excluding hydrogens is 332 g/mol. The van der Waals surface area contributed by atoms with Crippen molar-refractivity contribution < 1.29 is 22.8 Å². The second kappa shape index (κ2) is 6.42. The summed E-state index contributed by atoms with van der Waals surface area (Å²) in [6.45, 7) is -0.897. The van der Waals surface area contributed by atoms with Gasteiger partial charge in [0.15, 0.2) is 6.61 Å². The zero-order chi connectivity index (χ0) is 17.4. The smallest absolute Gasteiger partial charge is 0.407 e. The largest absolute Gasteiger partial charge is 0.443 e. The van der Waals surface area contributed by atoms with Crippen LogP contribution in [0.25, 0.3) is 11.4 Å². The molecule has 1 atom stereocenters. The van der Waals surface area contributed by atoms with Gasteiger partial charge in [-0.3, -0.25) is 0 Å². The fourth-order valence-corrected chi connectivity index (χ4v) is 3.08. The van der Waals surface area contributed by atoms with Crippen molar-refractivity contribution in [2.75, 3.05) is 6.61 Å². The number of ether oxygens (including phenoxy) is 1. The van der Waals surface area contributed by atoms with Crippen LogP contribution in [0.1, 0.15) is 48.2 Å². The number of halogens is 2. The molecule has 0 radical (unpaired) electrons. The molecule has 1 heterocycles. The van der Waals surface area contributed by atoms with E-state index in [-0.39, 0.29) is 6.04 Å². The molecule has 8 heteroatoms. The van der Waals surface area contributed by atoms with Crippen LogP contribution in [0, 0.1) is 0 Å². The highest BCUT2D eigenvalue weighted by Crippen LogP contribution is 2.40. The van der Waals surface area contributed by atoms with Crippen molar-refractivity contribution in [3.05, 3.63) is 35.2 Å². The zero-order valence-electron chi connectivity index (χ0n) is 13.4. The first kappa shape index (κ1) is 16.0. The molecule has 0 unspecified atom stereocenters. The highest BCUT2D eigenvalue weighted by molar-refractivity contribution is 5.68. The first-order chi connectivity index (χ1) is 12.1. The number of benzene rings is 1.